The number of carbonyl (C=O) groups is 1. The third-order valence-electron chi connectivity index (χ3n) is 3.68. The Hall–Kier alpha value is -2.84. The molecular formula is C19H17FN4OS2. The third kappa shape index (κ3) is 5.32. The predicted octanol–water partition coefficient (Wildman–Crippen LogP) is 3.82. The SMILES string of the molecule is Cc1ccc(NC(=S)NNC(=O)Cc2nc(-c3ccccc3)cs2)cc1F. The van der Waals surface area contributed by atoms with Gasteiger partial charge < -0.3 is 5.32 Å². The molecule has 1 amide bonds. The van der Waals surface area contributed by atoms with Crippen molar-refractivity contribution in [2.45, 2.75) is 13.3 Å². The van der Waals surface area contributed by atoms with E-state index in [9.17, 15) is 9.18 Å². The zero-order valence-electron chi connectivity index (χ0n) is 14.5. The minimum Gasteiger partial charge on any atom is -0.331 e. The molecular weight excluding hydrogens is 383 g/mol. The Labute approximate surface area is 165 Å². The van der Waals surface area contributed by atoms with Crippen LogP contribution in [0.15, 0.2) is 53.9 Å². The summed E-state index contributed by atoms with van der Waals surface area (Å²) < 4.78 is 13.5. The number of amides is 1. The molecule has 0 spiro atoms. The molecule has 27 heavy (non-hydrogen) atoms. The zero-order valence-corrected chi connectivity index (χ0v) is 16.1. The van der Waals surface area contributed by atoms with Crippen LogP contribution in [-0.4, -0.2) is 16.0 Å². The van der Waals surface area contributed by atoms with Crippen molar-refractivity contribution in [3.05, 3.63) is 70.3 Å². The molecule has 0 fully saturated rings. The second kappa shape index (κ2) is 8.70. The van der Waals surface area contributed by atoms with Gasteiger partial charge in [-0.2, -0.15) is 0 Å². The summed E-state index contributed by atoms with van der Waals surface area (Å²) in [4.78, 5) is 16.5. The van der Waals surface area contributed by atoms with Gasteiger partial charge in [-0.25, -0.2) is 9.37 Å². The number of thiocarbonyl (C=S) groups is 1. The average Bonchev–Trinajstić information content (AvgIpc) is 3.12. The van der Waals surface area contributed by atoms with Crippen molar-refractivity contribution in [3.8, 4) is 11.3 Å². The van der Waals surface area contributed by atoms with Crippen molar-refractivity contribution in [1.82, 2.24) is 15.8 Å². The van der Waals surface area contributed by atoms with Crippen molar-refractivity contribution >= 4 is 40.3 Å². The lowest BCUT2D eigenvalue weighted by atomic mass is 10.2. The number of hydrogen-bond donors (Lipinski definition) is 3. The molecule has 3 N–H and O–H groups in total. The summed E-state index contributed by atoms with van der Waals surface area (Å²) in [5.74, 6) is -0.604. The second-order valence-electron chi connectivity index (χ2n) is 5.76. The van der Waals surface area contributed by atoms with Gasteiger partial charge in [-0.05, 0) is 36.8 Å². The van der Waals surface area contributed by atoms with Crippen LogP contribution >= 0.6 is 23.6 Å². The van der Waals surface area contributed by atoms with Gasteiger partial charge in [-0.1, -0.05) is 36.4 Å². The van der Waals surface area contributed by atoms with Crippen molar-refractivity contribution < 1.29 is 9.18 Å². The molecule has 0 aliphatic rings. The molecule has 0 atom stereocenters. The fourth-order valence-corrected chi connectivity index (χ4v) is 3.25. The molecule has 0 aliphatic carbocycles. The smallest absolute Gasteiger partial charge is 0.245 e. The van der Waals surface area contributed by atoms with Gasteiger partial charge in [0.2, 0.25) is 5.91 Å². The van der Waals surface area contributed by atoms with Crippen LogP contribution in [0.4, 0.5) is 10.1 Å². The molecule has 2 aromatic carbocycles. The van der Waals surface area contributed by atoms with Gasteiger partial charge in [0.05, 0.1) is 12.1 Å². The Balaban J connectivity index is 1.49. The summed E-state index contributed by atoms with van der Waals surface area (Å²) in [7, 11) is 0. The van der Waals surface area contributed by atoms with E-state index in [1.54, 1.807) is 19.1 Å². The van der Waals surface area contributed by atoms with Crippen molar-refractivity contribution in [2.24, 2.45) is 0 Å². The molecule has 5 nitrogen and oxygen atoms in total. The summed E-state index contributed by atoms with van der Waals surface area (Å²) in [5, 5.41) is 5.59. The molecule has 8 heteroatoms. The highest BCUT2D eigenvalue weighted by atomic mass is 32.1. The Bertz CT molecular complexity index is 959. The van der Waals surface area contributed by atoms with Gasteiger partial charge in [-0.15, -0.1) is 11.3 Å². The number of nitrogens with one attached hydrogen (secondary N) is 3. The Morgan fingerprint density at radius 3 is 2.70 bits per heavy atom. The van der Waals surface area contributed by atoms with E-state index in [1.807, 2.05) is 35.7 Å². The quantitative estimate of drug-likeness (QED) is 0.459. The number of hydrazine groups is 1. The molecule has 1 heterocycles. The summed E-state index contributed by atoms with van der Waals surface area (Å²) in [6.07, 6.45) is 0.131. The molecule has 0 radical (unpaired) electrons. The Kier molecular flexibility index (Phi) is 6.10. The lowest BCUT2D eigenvalue weighted by molar-refractivity contribution is -0.120. The van der Waals surface area contributed by atoms with E-state index < -0.39 is 0 Å². The van der Waals surface area contributed by atoms with Crippen molar-refractivity contribution in [1.29, 1.82) is 0 Å². The minimum absolute atomic E-state index is 0.131. The van der Waals surface area contributed by atoms with Gasteiger partial charge in [0.1, 0.15) is 10.8 Å². The van der Waals surface area contributed by atoms with Crippen LogP contribution in [0.3, 0.4) is 0 Å². The number of aromatic nitrogens is 1. The summed E-state index contributed by atoms with van der Waals surface area (Å²) in [5.41, 5.74) is 8.00. The molecule has 1 aromatic heterocycles. The van der Waals surface area contributed by atoms with Crippen molar-refractivity contribution in [2.75, 3.05) is 5.32 Å². The van der Waals surface area contributed by atoms with Crippen LogP contribution in [-0.2, 0) is 11.2 Å². The van der Waals surface area contributed by atoms with E-state index >= 15 is 0 Å². The molecule has 138 valence electrons. The number of aryl methyl sites for hydroxylation is 1. The fourth-order valence-electron chi connectivity index (χ4n) is 2.27. The first-order valence-corrected chi connectivity index (χ1v) is 9.42. The van der Waals surface area contributed by atoms with Crippen LogP contribution in [0.25, 0.3) is 11.3 Å². The lowest BCUT2D eigenvalue weighted by Crippen LogP contribution is -2.44. The topological polar surface area (TPSA) is 66.0 Å². The zero-order chi connectivity index (χ0) is 19.2. The number of benzene rings is 2. The standard InChI is InChI=1S/C19H17FN4OS2/c1-12-7-8-14(9-15(12)20)21-19(26)24-23-17(25)10-18-22-16(11-27-18)13-5-3-2-4-6-13/h2-9,11H,10H2,1H3,(H,23,25)(H2,21,24,26). The van der Waals surface area contributed by atoms with E-state index in [1.165, 1.54) is 17.4 Å². The number of halogens is 1. The number of thiazole rings is 1. The van der Waals surface area contributed by atoms with E-state index in [0.29, 0.717) is 16.3 Å². The monoisotopic (exact) mass is 400 g/mol. The largest absolute Gasteiger partial charge is 0.331 e. The molecule has 0 unspecified atom stereocenters. The van der Waals surface area contributed by atoms with Gasteiger partial charge >= 0.3 is 0 Å². The lowest BCUT2D eigenvalue weighted by Gasteiger charge is -2.11. The molecule has 3 rings (SSSR count). The van der Waals surface area contributed by atoms with Gasteiger partial charge in [0.15, 0.2) is 5.11 Å². The first-order valence-electron chi connectivity index (χ1n) is 8.13. The molecule has 0 bridgehead atoms. The summed E-state index contributed by atoms with van der Waals surface area (Å²) in [6, 6.07) is 14.5. The van der Waals surface area contributed by atoms with Crippen LogP contribution < -0.4 is 16.2 Å². The number of nitrogens with zero attached hydrogens (tertiary/aromatic N) is 1. The third-order valence-corrected chi connectivity index (χ3v) is 4.73. The van der Waals surface area contributed by atoms with E-state index in [-0.39, 0.29) is 23.3 Å². The number of rotatable bonds is 4. The first kappa shape index (κ1) is 18.9. The summed E-state index contributed by atoms with van der Waals surface area (Å²) >= 11 is 6.51. The molecule has 0 aliphatic heterocycles. The highest BCUT2D eigenvalue weighted by molar-refractivity contribution is 7.80. The predicted molar refractivity (Wildman–Crippen MR) is 110 cm³/mol. The number of hydrogen-bond acceptors (Lipinski definition) is 4. The van der Waals surface area contributed by atoms with E-state index in [0.717, 1.165) is 11.3 Å². The minimum atomic E-state index is -0.329. The van der Waals surface area contributed by atoms with Gasteiger partial charge in [-0.3, -0.25) is 15.6 Å². The molecule has 3 aromatic rings. The van der Waals surface area contributed by atoms with Crippen LogP contribution in [0.1, 0.15) is 10.6 Å². The van der Waals surface area contributed by atoms with E-state index in [2.05, 4.69) is 21.2 Å². The Morgan fingerprint density at radius 2 is 1.96 bits per heavy atom. The summed E-state index contributed by atoms with van der Waals surface area (Å²) in [6.45, 7) is 1.68. The highest BCUT2D eigenvalue weighted by Gasteiger charge is 2.09. The maximum atomic E-state index is 13.5. The molecule has 0 saturated carbocycles. The van der Waals surface area contributed by atoms with Crippen molar-refractivity contribution in [3.63, 3.8) is 0 Å². The van der Waals surface area contributed by atoms with Gasteiger partial charge in [0, 0.05) is 16.6 Å². The normalized spacial score (nSPS) is 10.3. The van der Waals surface area contributed by atoms with Crippen LogP contribution in [0, 0.1) is 12.7 Å². The number of anilines is 1. The Morgan fingerprint density at radius 1 is 1.19 bits per heavy atom. The second-order valence-corrected chi connectivity index (χ2v) is 7.11. The maximum Gasteiger partial charge on any atom is 0.245 e. The highest BCUT2D eigenvalue weighted by Crippen LogP contribution is 2.21. The van der Waals surface area contributed by atoms with Crippen LogP contribution in [0.5, 0.6) is 0 Å². The number of carbonyl (C=O) groups excluding carboxylic acids is 1. The van der Waals surface area contributed by atoms with E-state index in [4.69, 9.17) is 12.2 Å². The van der Waals surface area contributed by atoms with Gasteiger partial charge in [0.25, 0.3) is 0 Å². The first-order chi connectivity index (χ1) is 13.0. The maximum absolute atomic E-state index is 13.5. The molecule has 0 saturated heterocycles. The van der Waals surface area contributed by atoms with Crippen LogP contribution in [0.2, 0.25) is 0 Å². The average molecular weight is 401 g/mol. The fraction of sp³-hybridized carbons (Fsp3) is 0.105.